The average molecular weight is 305 g/mol. The maximum atomic E-state index is 4.31. The molecule has 1 fully saturated rings. The fourth-order valence-corrected chi connectivity index (χ4v) is 2.43. The molecular formula is C15H27N7. The Bertz CT molecular complexity index is 452. The van der Waals surface area contributed by atoms with Gasteiger partial charge >= 0.3 is 0 Å². The van der Waals surface area contributed by atoms with E-state index in [0.717, 1.165) is 51.2 Å². The van der Waals surface area contributed by atoms with Crippen LogP contribution in [0.1, 0.15) is 13.8 Å². The number of aromatic nitrogens is 2. The third-order valence-electron chi connectivity index (χ3n) is 3.58. The highest BCUT2D eigenvalue weighted by Gasteiger charge is 2.18. The molecule has 0 bridgehead atoms. The monoisotopic (exact) mass is 305 g/mol. The van der Waals surface area contributed by atoms with Crippen LogP contribution in [0.5, 0.6) is 0 Å². The lowest BCUT2D eigenvalue weighted by Crippen LogP contribution is -2.50. The Morgan fingerprint density at radius 1 is 1.23 bits per heavy atom. The Kier molecular flexibility index (Phi) is 6.39. The van der Waals surface area contributed by atoms with Crippen LogP contribution in [0.2, 0.25) is 0 Å². The van der Waals surface area contributed by atoms with Crippen LogP contribution in [-0.4, -0.2) is 73.2 Å². The third kappa shape index (κ3) is 5.14. The van der Waals surface area contributed by atoms with Crippen molar-refractivity contribution in [1.29, 1.82) is 0 Å². The van der Waals surface area contributed by atoms with E-state index in [-0.39, 0.29) is 0 Å². The quantitative estimate of drug-likeness (QED) is 0.597. The average Bonchev–Trinajstić information content (AvgIpc) is 2.55. The van der Waals surface area contributed by atoms with E-state index in [2.05, 4.69) is 49.2 Å². The second-order valence-electron chi connectivity index (χ2n) is 5.68. The van der Waals surface area contributed by atoms with E-state index in [1.165, 1.54) is 0 Å². The summed E-state index contributed by atoms with van der Waals surface area (Å²) in [6.45, 7) is 10.2. The summed E-state index contributed by atoms with van der Waals surface area (Å²) < 4.78 is 0. The predicted molar refractivity (Wildman–Crippen MR) is 90.3 cm³/mol. The number of nitrogens with one attached hydrogen (secondary N) is 2. The lowest BCUT2D eigenvalue weighted by atomic mass is 10.3. The zero-order valence-corrected chi connectivity index (χ0v) is 13.8. The van der Waals surface area contributed by atoms with Gasteiger partial charge in [0.1, 0.15) is 0 Å². The van der Waals surface area contributed by atoms with Gasteiger partial charge < -0.3 is 15.5 Å². The summed E-state index contributed by atoms with van der Waals surface area (Å²) in [4.78, 5) is 17.5. The largest absolute Gasteiger partial charge is 0.355 e. The number of aliphatic imine (C=N–C) groups is 1. The molecule has 0 saturated carbocycles. The number of hydrogen-bond donors (Lipinski definition) is 2. The van der Waals surface area contributed by atoms with E-state index in [1.54, 1.807) is 19.4 Å². The van der Waals surface area contributed by atoms with E-state index in [1.807, 2.05) is 6.07 Å². The number of guanidine groups is 1. The van der Waals surface area contributed by atoms with E-state index in [4.69, 9.17) is 0 Å². The van der Waals surface area contributed by atoms with E-state index >= 15 is 0 Å². The van der Waals surface area contributed by atoms with Crippen molar-refractivity contribution >= 4 is 11.9 Å². The molecule has 1 aromatic heterocycles. The van der Waals surface area contributed by atoms with Crippen molar-refractivity contribution < 1.29 is 0 Å². The normalized spacial score (nSPS) is 16.9. The molecule has 7 nitrogen and oxygen atoms in total. The molecule has 1 aliphatic rings. The fraction of sp³-hybridized carbons (Fsp3) is 0.667. The number of piperazine rings is 1. The van der Waals surface area contributed by atoms with Crippen molar-refractivity contribution in [3.63, 3.8) is 0 Å². The Morgan fingerprint density at radius 2 is 1.91 bits per heavy atom. The first-order chi connectivity index (χ1) is 10.7. The molecule has 122 valence electrons. The molecule has 2 N–H and O–H groups in total. The smallest absolute Gasteiger partial charge is 0.225 e. The van der Waals surface area contributed by atoms with Crippen molar-refractivity contribution in [2.24, 2.45) is 4.99 Å². The highest BCUT2D eigenvalue weighted by atomic mass is 15.3. The summed E-state index contributed by atoms with van der Waals surface area (Å²) in [5.41, 5.74) is 0. The molecule has 2 rings (SSSR count). The first kappa shape index (κ1) is 16.5. The van der Waals surface area contributed by atoms with Gasteiger partial charge in [-0.2, -0.15) is 0 Å². The summed E-state index contributed by atoms with van der Waals surface area (Å²) in [7, 11) is 1.80. The maximum absolute atomic E-state index is 4.31. The summed E-state index contributed by atoms with van der Waals surface area (Å²) >= 11 is 0. The zero-order valence-electron chi connectivity index (χ0n) is 13.8. The number of rotatable bonds is 5. The predicted octanol–water partition coefficient (Wildman–Crippen LogP) is 0.172. The standard InChI is InChI=1S/C15H27N7/c1-13(2)20-14(16-3)17-7-8-21-9-11-22(12-10-21)15-18-5-4-6-19-15/h4-6,13H,7-12H2,1-3H3,(H2,16,17,20). The van der Waals surface area contributed by atoms with Crippen molar-refractivity contribution in [2.75, 3.05) is 51.2 Å². The molecule has 0 unspecified atom stereocenters. The van der Waals surface area contributed by atoms with Crippen molar-refractivity contribution in [2.45, 2.75) is 19.9 Å². The first-order valence-electron chi connectivity index (χ1n) is 7.90. The van der Waals surface area contributed by atoms with Gasteiger partial charge in [0.25, 0.3) is 0 Å². The molecule has 0 aromatic carbocycles. The van der Waals surface area contributed by atoms with E-state index in [0.29, 0.717) is 6.04 Å². The second-order valence-corrected chi connectivity index (χ2v) is 5.68. The molecule has 0 aliphatic carbocycles. The second kappa shape index (κ2) is 8.53. The van der Waals surface area contributed by atoms with Crippen LogP contribution in [0.25, 0.3) is 0 Å². The number of nitrogens with zero attached hydrogens (tertiary/aromatic N) is 5. The fourth-order valence-electron chi connectivity index (χ4n) is 2.43. The van der Waals surface area contributed by atoms with Crippen LogP contribution in [-0.2, 0) is 0 Å². The Hall–Kier alpha value is -1.89. The van der Waals surface area contributed by atoms with Crippen LogP contribution in [0.4, 0.5) is 5.95 Å². The minimum absolute atomic E-state index is 0.389. The molecule has 1 saturated heterocycles. The van der Waals surface area contributed by atoms with Crippen LogP contribution < -0.4 is 15.5 Å². The van der Waals surface area contributed by atoms with Gasteiger partial charge in [-0.1, -0.05) is 0 Å². The highest BCUT2D eigenvalue weighted by molar-refractivity contribution is 5.79. The van der Waals surface area contributed by atoms with Crippen LogP contribution >= 0.6 is 0 Å². The first-order valence-corrected chi connectivity index (χ1v) is 7.90. The van der Waals surface area contributed by atoms with Gasteiger partial charge in [-0.3, -0.25) is 9.89 Å². The lowest BCUT2D eigenvalue weighted by Gasteiger charge is -2.34. The van der Waals surface area contributed by atoms with Crippen molar-refractivity contribution in [3.05, 3.63) is 18.5 Å². The summed E-state index contributed by atoms with van der Waals surface area (Å²) in [5, 5.41) is 6.64. The summed E-state index contributed by atoms with van der Waals surface area (Å²) in [5.74, 6) is 1.70. The molecule has 7 heteroatoms. The maximum Gasteiger partial charge on any atom is 0.225 e. The van der Waals surface area contributed by atoms with Crippen molar-refractivity contribution in [1.82, 2.24) is 25.5 Å². The Labute approximate surface area is 132 Å². The molecular weight excluding hydrogens is 278 g/mol. The van der Waals surface area contributed by atoms with Crippen LogP contribution in [0.15, 0.2) is 23.5 Å². The molecule has 2 heterocycles. The lowest BCUT2D eigenvalue weighted by molar-refractivity contribution is 0.260. The highest BCUT2D eigenvalue weighted by Crippen LogP contribution is 2.08. The van der Waals surface area contributed by atoms with E-state index < -0.39 is 0 Å². The molecule has 0 amide bonds. The van der Waals surface area contributed by atoms with E-state index in [9.17, 15) is 0 Å². The molecule has 0 radical (unpaired) electrons. The van der Waals surface area contributed by atoms with Gasteiger partial charge in [-0.15, -0.1) is 0 Å². The Morgan fingerprint density at radius 3 is 2.50 bits per heavy atom. The van der Waals surface area contributed by atoms with Gasteiger partial charge in [0.2, 0.25) is 5.95 Å². The molecule has 1 aromatic rings. The molecule has 0 spiro atoms. The molecule has 22 heavy (non-hydrogen) atoms. The number of anilines is 1. The Balaban J connectivity index is 1.67. The topological polar surface area (TPSA) is 68.7 Å². The molecule has 0 atom stereocenters. The van der Waals surface area contributed by atoms with Gasteiger partial charge in [0, 0.05) is 64.8 Å². The summed E-state index contributed by atoms with van der Waals surface area (Å²) in [6, 6.07) is 2.24. The van der Waals surface area contributed by atoms with Gasteiger partial charge in [0.15, 0.2) is 5.96 Å². The van der Waals surface area contributed by atoms with Gasteiger partial charge in [-0.05, 0) is 19.9 Å². The zero-order chi connectivity index (χ0) is 15.8. The minimum atomic E-state index is 0.389. The number of hydrogen-bond acceptors (Lipinski definition) is 5. The molecule has 1 aliphatic heterocycles. The van der Waals surface area contributed by atoms with Crippen LogP contribution in [0.3, 0.4) is 0 Å². The third-order valence-corrected chi connectivity index (χ3v) is 3.58. The summed E-state index contributed by atoms with van der Waals surface area (Å²) in [6.07, 6.45) is 3.60. The minimum Gasteiger partial charge on any atom is -0.355 e. The SMILES string of the molecule is CN=C(NCCN1CCN(c2ncccn2)CC1)NC(C)C. The van der Waals surface area contributed by atoms with Crippen molar-refractivity contribution in [3.8, 4) is 0 Å². The van der Waals surface area contributed by atoms with Gasteiger partial charge in [0.05, 0.1) is 0 Å². The van der Waals surface area contributed by atoms with Gasteiger partial charge in [-0.25, -0.2) is 9.97 Å². The van der Waals surface area contributed by atoms with Crippen LogP contribution in [0, 0.1) is 0 Å².